The summed E-state index contributed by atoms with van der Waals surface area (Å²) in [7, 11) is 0. The summed E-state index contributed by atoms with van der Waals surface area (Å²) in [5, 5.41) is 3.30. The van der Waals surface area contributed by atoms with Gasteiger partial charge in [0, 0.05) is 12.6 Å². The van der Waals surface area contributed by atoms with E-state index in [0.29, 0.717) is 13.1 Å². The smallest absolute Gasteiger partial charge is 0.309 e. The molecule has 1 N–H and O–H groups in total. The largest absolute Gasteiger partial charge is 0.401 e. The van der Waals surface area contributed by atoms with Crippen LogP contribution in [-0.2, 0) is 0 Å². The Bertz CT molecular complexity index is 364. The predicted molar refractivity (Wildman–Crippen MR) is 64.3 cm³/mol. The van der Waals surface area contributed by atoms with E-state index in [2.05, 4.69) is 5.32 Å². The summed E-state index contributed by atoms with van der Waals surface area (Å²) in [6.07, 6.45) is -3.37. The van der Waals surface area contributed by atoms with E-state index in [0.717, 1.165) is 18.5 Å². The molecule has 2 nitrogen and oxygen atoms in total. The number of halogens is 3. The lowest BCUT2D eigenvalue weighted by Crippen LogP contribution is -2.37. The Kier molecular flexibility index (Phi) is 4.24. The molecule has 0 aliphatic carbocycles. The summed E-state index contributed by atoms with van der Waals surface area (Å²) in [4.78, 5) is 1.48. The summed E-state index contributed by atoms with van der Waals surface area (Å²) in [5.74, 6) is 0. The van der Waals surface area contributed by atoms with Gasteiger partial charge in [-0.2, -0.15) is 13.2 Å². The molecule has 0 amide bonds. The first-order chi connectivity index (χ1) is 8.54. The lowest BCUT2D eigenvalue weighted by molar-refractivity contribution is -0.146. The molecule has 1 aromatic rings. The maximum atomic E-state index is 12.4. The van der Waals surface area contributed by atoms with E-state index >= 15 is 0 Å². The van der Waals surface area contributed by atoms with Crippen molar-refractivity contribution in [2.45, 2.75) is 18.6 Å². The van der Waals surface area contributed by atoms with Gasteiger partial charge >= 0.3 is 6.18 Å². The highest BCUT2D eigenvalue weighted by molar-refractivity contribution is 5.19. The normalized spacial score (nSPS) is 22.7. The fourth-order valence-corrected chi connectivity index (χ4v) is 2.30. The van der Waals surface area contributed by atoms with Gasteiger partial charge in [0.15, 0.2) is 0 Å². The predicted octanol–water partition coefficient (Wildman–Crippen LogP) is 2.59. The Morgan fingerprint density at radius 1 is 1.22 bits per heavy atom. The molecule has 0 saturated carbocycles. The molecular weight excluding hydrogens is 241 g/mol. The van der Waals surface area contributed by atoms with Crippen molar-refractivity contribution in [1.29, 1.82) is 0 Å². The van der Waals surface area contributed by atoms with Crippen LogP contribution in [0.15, 0.2) is 30.3 Å². The van der Waals surface area contributed by atoms with Gasteiger partial charge in [0.1, 0.15) is 0 Å². The van der Waals surface area contributed by atoms with Crippen molar-refractivity contribution < 1.29 is 13.2 Å². The highest BCUT2D eigenvalue weighted by atomic mass is 19.4. The van der Waals surface area contributed by atoms with E-state index in [1.807, 2.05) is 30.3 Å². The molecule has 5 heteroatoms. The lowest BCUT2D eigenvalue weighted by Gasteiger charge is -2.25. The topological polar surface area (TPSA) is 15.3 Å². The number of nitrogens with zero attached hydrogens (tertiary/aromatic N) is 1. The number of nitrogens with one attached hydrogen (secondary N) is 1. The molecule has 1 atom stereocenters. The molecule has 0 spiro atoms. The highest BCUT2D eigenvalue weighted by Crippen LogP contribution is 2.21. The van der Waals surface area contributed by atoms with Gasteiger partial charge in [0.25, 0.3) is 0 Å². The molecule has 0 bridgehead atoms. The number of alkyl halides is 3. The maximum absolute atomic E-state index is 12.4. The number of rotatable bonds is 2. The van der Waals surface area contributed by atoms with Crippen LogP contribution in [-0.4, -0.2) is 37.3 Å². The van der Waals surface area contributed by atoms with Crippen LogP contribution in [0.2, 0.25) is 0 Å². The standard InChI is InChI=1S/C13H17F3N2/c14-13(15,16)10-18-8-4-7-17-12(9-18)11-5-2-1-3-6-11/h1-3,5-6,12,17H,4,7-10H2. The zero-order chi connectivity index (χ0) is 13.0. The van der Waals surface area contributed by atoms with Crippen LogP contribution in [0.3, 0.4) is 0 Å². The third-order valence-corrected chi connectivity index (χ3v) is 3.09. The van der Waals surface area contributed by atoms with Crippen LogP contribution in [0.1, 0.15) is 18.0 Å². The maximum Gasteiger partial charge on any atom is 0.401 e. The van der Waals surface area contributed by atoms with E-state index in [9.17, 15) is 13.2 Å². The third kappa shape index (κ3) is 3.99. The molecule has 1 unspecified atom stereocenters. The Hall–Kier alpha value is -1.07. The minimum absolute atomic E-state index is 0.0175. The molecule has 1 heterocycles. The van der Waals surface area contributed by atoms with Gasteiger partial charge in [-0.15, -0.1) is 0 Å². The molecule has 0 radical (unpaired) electrons. The van der Waals surface area contributed by atoms with Crippen molar-refractivity contribution in [2.75, 3.05) is 26.2 Å². The monoisotopic (exact) mass is 258 g/mol. The Morgan fingerprint density at radius 3 is 2.61 bits per heavy atom. The third-order valence-electron chi connectivity index (χ3n) is 3.09. The highest BCUT2D eigenvalue weighted by Gasteiger charge is 2.32. The van der Waals surface area contributed by atoms with E-state index < -0.39 is 12.7 Å². The van der Waals surface area contributed by atoms with Gasteiger partial charge in [0.05, 0.1) is 6.54 Å². The first-order valence-electron chi connectivity index (χ1n) is 6.12. The van der Waals surface area contributed by atoms with Crippen molar-refractivity contribution in [3.63, 3.8) is 0 Å². The van der Waals surface area contributed by atoms with E-state index in [1.165, 1.54) is 4.90 Å². The Labute approximate surface area is 105 Å². The summed E-state index contributed by atoms with van der Waals surface area (Å²) >= 11 is 0. The molecule has 1 aromatic carbocycles. The van der Waals surface area contributed by atoms with Crippen LogP contribution in [0.4, 0.5) is 13.2 Å². The minimum Gasteiger partial charge on any atom is -0.309 e. The molecule has 1 saturated heterocycles. The summed E-state index contributed by atoms with van der Waals surface area (Å²) in [6.45, 7) is 0.839. The molecule has 2 rings (SSSR count). The van der Waals surface area contributed by atoms with Gasteiger partial charge in [-0.3, -0.25) is 4.90 Å². The van der Waals surface area contributed by atoms with Gasteiger partial charge in [-0.1, -0.05) is 30.3 Å². The SMILES string of the molecule is FC(F)(F)CN1CCCNC(c2ccccc2)C1. The second kappa shape index (κ2) is 5.71. The second-order valence-electron chi connectivity index (χ2n) is 4.62. The number of benzene rings is 1. The Balaban J connectivity index is 2.04. The van der Waals surface area contributed by atoms with Crippen molar-refractivity contribution in [2.24, 2.45) is 0 Å². The fourth-order valence-electron chi connectivity index (χ4n) is 2.30. The average Bonchev–Trinajstić information content (AvgIpc) is 2.54. The molecule has 1 aliphatic rings. The van der Waals surface area contributed by atoms with E-state index in [1.54, 1.807) is 0 Å². The van der Waals surface area contributed by atoms with Crippen LogP contribution in [0, 0.1) is 0 Å². The van der Waals surface area contributed by atoms with Crippen LogP contribution in [0.5, 0.6) is 0 Å². The zero-order valence-electron chi connectivity index (χ0n) is 10.1. The molecule has 0 aromatic heterocycles. The second-order valence-corrected chi connectivity index (χ2v) is 4.62. The number of hydrogen-bond donors (Lipinski definition) is 1. The van der Waals surface area contributed by atoms with Crippen LogP contribution >= 0.6 is 0 Å². The van der Waals surface area contributed by atoms with Gasteiger partial charge in [0.2, 0.25) is 0 Å². The quantitative estimate of drug-likeness (QED) is 0.877. The van der Waals surface area contributed by atoms with Gasteiger partial charge in [-0.05, 0) is 25.1 Å². The van der Waals surface area contributed by atoms with Crippen LogP contribution in [0.25, 0.3) is 0 Å². The first kappa shape index (κ1) is 13.4. The summed E-state index contributed by atoms with van der Waals surface area (Å²) in [6, 6.07) is 9.62. The van der Waals surface area contributed by atoms with Crippen molar-refractivity contribution in [3.05, 3.63) is 35.9 Å². The Morgan fingerprint density at radius 2 is 1.94 bits per heavy atom. The van der Waals surface area contributed by atoms with Crippen LogP contribution < -0.4 is 5.32 Å². The van der Waals surface area contributed by atoms with E-state index in [4.69, 9.17) is 0 Å². The summed E-state index contributed by atoms with van der Waals surface area (Å²) < 4.78 is 37.3. The molecule has 1 fully saturated rings. The summed E-state index contributed by atoms with van der Waals surface area (Å²) in [5.41, 5.74) is 1.05. The van der Waals surface area contributed by atoms with Crippen molar-refractivity contribution in [3.8, 4) is 0 Å². The van der Waals surface area contributed by atoms with Crippen molar-refractivity contribution >= 4 is 0 Å². The van der Waals surface area contributed by atoms with Crippen molar-refractivity contribution in [1.82, 2.24) is 10.2 Å². The van der Waals surface area contributed by atoms with Gasteiger partial charge in [-0.25, -0.2) is 0 Å². The van der Waals surface area contributed by atoms with Gasteiger partial charge < -0.3 is 5.32 Å². The molecule has 1 aliphatic heterocycles. The molecule has 100 valence electrons. The molecular formula is C13H17F3N2. The average molecular weight is 258 g/mol. The van der Waals surface area contributed by atoms with E-state index in [-0.39, 0.29) is 6.04 Å². The lowest BCUT2D eigenvalue weighted by atomic mass is 10.1. The zero-order valence-corrected chi connectivity index (χ0v) is 10.1. The number of hydrogen-bond acceptors (Lipinski definition) is 2. The molecule has 18 heavy (non-hydrogen) atoms. The first-order valence-corrected chi connectivity index (χ1v) is 6.12. The fraction of sp³-hybridized carbons (Fsp3) is 0.538. The minimum atomic E-state index is -4.12.